The second-order valence-electron chi connectivity index (χ2n) is 9.17. The lowest BCUT2D eigenvalue weighted by Gasteiger charge is -2.29. The summed E-state index contributed by atoms with van der Waals surface area (Å²) in [5, 5.41) is 5.59. The van der Waals surface area contributed by atoms with Gasteiger partial charge in [0.15, 0.2) is 0 Å². The molecular weight excluding hydrogens is 484 g/mol. The minimum absolute atomic E-state index is 0. The largest absolute Gasteiger partial charge is 0.383 e. The first kappa shape index (κ1) is 25.2. The molecule has 1 saturated carbocycles. The van der Waals surface area contributed by atoms with Crippen molar-refractivity contribution in [3.05, 3.63) is 66.2 Å². The Hall–Kier alpha value is -2.94. The summed E-state index contributed by atoms with van der Waals surface area (Å²) >= 11 is 0. The second-order valence-corrected chi connectivity index (χ2v) is 10.5. The smallest absolute Gasteiger partial charge is 0.295 e. The van der Waals surface area contributed by atoms with Crippen molar-refractivity contribution in [1.29, 1.82) is 0 Å². The van der Waals surface area contributed by atoms with Crippen molar-refractivity contribution in [3.63, 3.8) is 0 Å². The van der Waals surface area contributed by atoms with E-state index in [0.29, 0.717) is 41.0 Å². The van der Waals surface area contributed by atoms with E-state index in [-0.39, 0.29) is 17.3 Å². The molecule has 0 saturated heterocycles. The van der Waals surface area contributed by atoms with Crippen LogP contribution >= 0.6 is 12.4 Å². The minimum atomic E-state index is -4.31. The Morgan fingerprint density at radius 3 is 2.29 bits per heavy atom. The van der Waals surface area contributed by atoms with Gasteiger partial charge in [0.2, 0.25) is 5.95 Å². The molecule has 1 aliphatic rings. The SMILES string of the molecule is Cl.Nc1nc(NCC2CCC(Cc3ccc4ccccc4c3S(=O)(=O)O)CC2)nc2ccccc12. The lowest BCUT2D eigenvalue weighted by atomic mass is 9.79. The molecule has 35 heavy (non-hydrogen) atoms. The number of anilines is 2. The lowest BCUT2D eigenvalue weighted by molar-refractivity contribution is 0.281. The Balaban J connectivity index is 0.00000289. The van der Waals surface area contributed by atoms with Gasteiger partial charge >= 0.3 is 0 Å². The maximum Gasteiger partial charge on any atom is 0.295 e. The number of nitrogens with two attached hydrogens (primary N) is 1. The number of benzene rings is 3. The number of nitrogens with one attached hydrogen (secondary N) is 1. The number of aromatic nitrogens is 2. The van der Waals surface area contributed by atoms with E-state index in [0.717, 1.165) is 48.5 Å². The van der Waals surface area contributed by atoms with Crippen LogP contribution in [0.5, 0.6) is 0 Å². The zero-order chi connectivity index (χ0) is 23.7. The van der Waals surface area contributed by atoms with Crippen LogP contribution < -0.4 is 11.1 Å². The van der Waals surface area contributed by atoms with Crippen LogP contribution in [-0.4, -0.2) is 29.5 Å². The van der Waals surface area contributed by atoms with E-state index in [1.54, 1.807) is 12.1 Å². The number of hydrogen-bond acceptors (Lipinski definition) is 6. The van der Waals surface area contributed by atoms with Gasteiger partial charge in [-0.25, -0.2) is 4.98 Å². The molecule has 184 valence electrons. The van der Waals surface area contributed by atoms with Crippen molar-refractivity contribution < 1.29 is 13.0 Å². The maximum atomic E-state index is 12.2. The third-order valence-corrected chi connectivity index (χ3v) is 7.87. The van der Waals surface area contributed by atoms with Crippen molar-refractivity contribution in [2.45, 2.75) is 37.0 Å². The molecule has 0 unspecified atom stereocenters. The highest BCUT2D eigenvalue weighted by Crippen LogP contribution is 2.35. The molecule has 1 aromatic heterocycles. The topological polar surface area (TPSA) is 118 Å². The summed E-state index contributed by atoms with van der Waals surface area (Å²) in [6, 6.07) is 18.8. The summed E-state index contributed by atoms with van der Waals surface area (Å²) in [6.07, 6.45) is 4.73. The van der Waals surface area contributed by atoms with Crippen molar-refractivity contribution in [2.24, 2.45) is 11.8 Å². The fraction of sp³-hybridized carbons (Fsp3) is 0.308. The minimum Gasteiger partial charge on any atom is -0.383 e. The molecule has 0 spiro atoms. The molecule has 0 amide bonds. The average Bonchev–Trinajstić information content (AvgIpc) is 2.83. The van der Waals surface area contributed by atoms with E-state index >= 15 is 0 Å². The molecule has 4 N–H and O–H groups in total. The summed E-state index contributed by atoms with van der Waals surface area (Å²) in [5.41, 5.74) is 7.61. The van der Waals surface area contributed by atoms with Crippen LogP contribution in [-0.2, 0) is 16.5 Å². The van der Waals surface area contributed by atoms with E-state index < -0.39 is 10.1 Å². The van der Waals surface area contributed by atoms with Gasteiger partial charge in [-0.05, 0) is 67.0 Å². The Bertz CT molecular complexity index is 1450. The van der Waals surface area contributed by atoms with Crippen LogP contribution in [0.25, 0.3) is 21.7 Å². The van der Waals surface area contributed by atoms with Gasteiger partial charge in [-0.2, -0.15) is 13.4 Å². The highest BCUT2D eigenvalue weighted by atomic mass is 35.5. The molecular formula is C26H29ClN4O3S. The number of fused-ring (bicyclic) bond motifs is 2. The standard InChI is InChI=1S/C26H28N4O3S.ClH/c27-25-22-7-3-4-8-23(22)29-26(30-25)28-16-18-11-9-17(10-12-18)15-20-14-13-19-5-1-2-6-21(19)24(20)34(31,32)33;/h1-8,13-14,17-18H,9-12,15-16H2,(H,31,32,33)(H3,27,28,29,30);1H. The molecule has 7 nitrogen and oxygen atoms in total. The molecule has 1 heterocycles. The van der Waals surface area contributed by atoms with Crippen molar-refractivity contribution >= 4 is 56.0 Å². The van der Waals surface area contributed by atoms with Crippen LogP contribution in [0.15, 0.2) is 65.6 Å². The maximum absolute atomic E-state index is 12.2. The van der Waals surface area contributed by atoms with E-state index in [1.165, 1.54) is 0 Å². The average molecular weight is 513 g/mol. The molecule has 1 fully saturated rings. The first-order valence-corrected chi connectivity index (χ1v) is 13.1. The van der Waals surface area contributed by atoms with Gasteiger partial charge in [0.1, 0.15) is 10.7 Å². The van der Waals surface area contributed by atoms with Crippen LogP contribution in [0.2, 0.25) is 0 Å². The number of hydrogen-bond donors (Lipinski definition) is 3. The van der Waals surface area contributed by atoms with Gasteiger partial charge < -0.3 is 11.1 Å². The van der Waals surface area contributed by atoms with Crippen molar-refractivity contribution in [2.75, 3.05) is 17.6 Å². The van der Waals surface area contributed by atoms with E-state index in [9.17, 15) is 13.0 Å². The fourth-order valence-electron chi connectivity index (χ4n) is 5.12. The molecule has 0 atom stereocenters. The predicted molar refractivity (Wildman–Crippen MR) is 143 cm³/mol. The normalized spacial score (nSPS) is 18.3. The van der Waals surface area contributed by atoms with Crippen LogP contribution in [0, 0.1) is 11.8 Å². The third kappa shape index (κ3) is 5.50. The monoisotopic (exact) mass is 512 g/mol. The Morgan fingerprint density at radius 2 is 1.54 bits per heavy atom. The van der Waals surface area contributed by atoms with Gasteiger partial charge in [-0.1, -0.05) is 48.5 Å². The van der Waals surface area contributed by atoms with Gasteiger partial charge in [-0.15, -0.1) is 12.4 Å². The highest BCUT2D eigenvalue weighted by Gasteiger charge is 2.25. The molecule has 4 aromatic rings. The second kappa shape index (κ2) is 10.4. The molecule has 3 aromatic carbocycles. The predicted octanol–water partition coefficient (Wildman–Crippen LogP) is 5.49. The first-order valence-electron chi connectivity index (χ1n) is 11.6. The summed E-state index contributed by atoms with van der Waals surface area (Å²) in [5.74, 6) is 1.89. The van der Waals surface area contributed by atoms with Crippen LogP contribution in [0.1, 0.15) is 31.2 Å². The number of nitrogens with zero attached hydrogens (tertiary/aromatic N) is 2. The van der Waals surface area contributed by atoms with Crippen LogP contribution in [0.3, 0.4) is 0 Å². The van der Waals surface area contributed by atoms with Gasteiger partial charge in [-0.3, -0.25) is 4.55 Å². The number of nitrogen functional groups attached to an aromatic ring is 1. The molecule has 0 radical (unpaired) electrons. The summed E-state index contributed by atoms with van der Waals surface area (Å²) in [4.78, 5) is 9.01. The van der Waals surface area contributed by atoms with Gasteiger partial charge in [0.05, 0.1) is 5.52 Å². The molecule has 9 heteroatoms. The fourth-order valence-corrected chi connectivity index (χ4v) is 6.07. The van der Waals surface area contributed by atoms with Crippen molar-refractivity contribution in [3.8, 4) is 0 Å². The Kier molecular flexibility index (Phi) is 7.44. The van der Waals surface area contributed by atoms with Crippen LogP contribution in [0.4, 0.5) is 11.8 Å². The molecule has 0 bridgehead atoms. The number of para-hydroxylation sites is 1. The molecule has 5 rings (SSSR count). The zero-order valence-electron chi connectivity index (χ0n) is 19.2. The van der Waals surface area contributed by atoms with Crippen molar-refractivity contribution in [1.82, 2.24) is 9.97 Å². The van der Waals surface area contributed by atoms with E-state index in [2.05, 4.69) is 15.3 Å². The summed E-state index contributed by atoms with van der Waals surface area (Å²) in [7, 11) is -4.31. The highest BCUT2D eigenvalue weighted by molar-refractivity contribution is 7.86. The molecule has 0 aliphatic heterocycles. The summed E-state index contributed by atoms with van der Waals surface area (Å²) in [6.45, 7) is 0.775. The van der Waals surface area contributed by atoms with Gasteiger partial charge in [0.25, 0.3) is 10.1 Å². The Morgan fingerprint density at radius 1 is 0.886 bits per heavy atom. The molecule has 1 aliphatic carbocycles. The summed E-state index contributed by atoms with van der Waals surface area (Å²) < 4.78 is 34.4. The number of rotatable bonds is 6. The number of halogens is 1. The Labute approximate surface area is 211 Å². The van der Waals surface area contributed by atoms with E-state index in [1.807, 2.05) is 48.5 Å². The third-order valence-electron chi connectivity index (χ3n) is 6.88. The lowest BCUT2D eigenvalue weighted by Crippen LogP contribution is -2.23. The zero-order valence-corrected chi connectivity index (χ0v) is 20.9. The van der Waals surface area contributed by atoms with Gasteiger partial charge in [0, 0.05) is 17.3 Å². The quantitative estimate of drug-likeness (QED) is 0.292. The first-order chi connectivity index (χ1) is 16.4. The van der Waals surface area contributed by atoms with E-state index in [4.69, 9.17) is 5.73 Å².